The van der Waals surface area contributed by atoms with Crippen LogP contribution in [0.5, 0.6) is 0 Å². The van der Waals surface area contributed by atoms with E-state index in [4.69, 9.17) is 27.9 Å². The minimum absolute atomic E-state index is 0.0225. The van der Waals surface area contributed by atoms with E-state index in [0.29, 0.717) is 21.8 Å². The van der Waals surface area contributed by atoms with Gasteiger partial charge in [-0.3, -0.25) is 4.31 Å². The lowest BCUT2D eigenvalue weighted by Crippen LogP contribution is -2.32. The van der Waals surface area contributed by atoms with Crippen molar-refractivity contribution in [3.05, 3.63) is 52.3 Å². The van der Waals surface area contributed by atoms with Gasteiger partial charge in [0.2, 0.25) is 10.0 Å². The molecule has 0 N–H and O–H groups in total. The molecule has 24 heavy (non-hydrogen) atoms. The van der Waals surface area contributed by atoms with E-state index in [-0.39, 0.29) is 18.2 Å². The summed E-state index contributed by atoms with van der Waals surface area (Å²) in [6.07, 6.45) is 1.11. The van der Waals surface area contributed by atoms with Crippen molar-refractivity contribution in [2.75, 3.05) is 30.8 Å². The number of sulfonamides is 1. The SMILES string of the molecule is COCCN(c1ccc(-c2ccc(Cl)c(F)c2)c(Cl)c1)S(C)(=O)=O. The Bertz CT molecular complexity index is 843. The molecule has 2 rings (SSSR count). The van der Waals surface area contributed by atoms with E-state index in [1.54, 1.807) is 18.2 Å². The summed E-state index contributed by atoms with van der Waals surface area (Å²) in [4.78, 5) is 0. The van der Waals surface area contributed by atoms with E-state index in [9.17, 15) is 12.8 Å². The van der Waals surface area contributed by atoms with Crippen molar-refractivity contribution in [3.8, 4) is 11.1 Å². The summed E-state index contributed by atoms with van der Waals surface area (Å²) < 4.78 is 43.7. The van der Waals surface area contributed by atoms with E-state index >= 15 is 0 Å². The monoisotopic (exact) mass is 391 g/mol. The molecule has 2 aromatic carbocycles. The highest BCUT2D eigenvalue weighted by Crippen LogP contribution is 2.33. The number of halogens is 3. The molecule has 0 spiro atoms. The number of hydrogen-bond donors (Lipinski definition) is 0. The van der Waals surface area contributed by atoms with E-state index in [1.165, 1.54) is 29.6 Å². The van der Waals surface area contributed by atoms with Crippen LogP contribution in [0, 0.1) is 5.82 Å². The molecule has 0 fully saturated rings. The minimum Gasteiger partial charge on any atom is -0.383 e. The Morgan fingerprint density at radius 2 is 1.83 bits per heavy atom. The van der Waals surface area contributed by atoms with Gasteiger partial charge in [0.25, 0.3) is 0 Å². The van der Waals surface area contributed by atoms with E-state index in [1.807, 2.05) is 0 Å². The fourth-order valence-corrected chi connectivity index (χ4v) is 3.52. The molecule has 0 amide bonds. The standard InChI is InChI=1S/C16H16Cl2FNO3S/c1-23-8-7-20(24(2,21)22)12-4-5-13(15(18)10-12)11-3-6-14(17)16(19)9-11/h3-6,9-10H,7-8H2,1-2H3. The number of ether oxygens (including phenoxy) is 1. The first kappa shape index (κ1) is 19.0. The van der Waals surface area contributed by atoms with Crippen LogP contribution >= 0.6 is 23.2 Å². The molecule has 2 aromatic rings. The fraction of sp³-hybridized carbons (Fsp3) is 0.250. The van der Waals surface area contributed by atoms with Gasteiger partial charge in [-0.05, 0) is 29.8 Å². The highest BCUT2D eigenvalue weighted by atomic mass is 35.5. The number of nitrogens with zero attached hydrogens (tertiary/aromatic N) is 1. The summed E-state index contributed by atoms with van der Waals surface area (Å²) in [6, 6.07) is 9.15. The molecule has 0 heterocycles. The lowest BCUT2D eigenvalue weighted by Gasteiger charge is -2.22. The zero-order valence-corrected chi connectivity index (χ0v) is 15.4. The summed E-state index contributed by atoms with van der Waals surface area (Å²) in [5, 5.41) is 0.328. The van der Waals surface area contributed by atoms with Gasteiger partial charge in [0.05, 0.1) is 35.1 Å². The normalized spacial score (nSPS) is 11.5. The third-order valence-corrected chi connectivity index (χ3v) is 5.18. The lowest BCUT2D eigenvalue weighted by atomic mass is 10.1. The average molecular weight is 392 g/mol. The summed E-state index contributed by atoms with van der Waals surface area (Å²) in [5.74, 6) is -0.549. The number of hydrogen-bond acceptors (Lipinski definition) is 3. The molecule has 0 aliphatic rings. The van der Waals surface area contributed by atoms with Crippen molar-refractivity contribution in [2.45, 2.75) is 0 Å². The third-order valence-electron chi connectivity index (χ3n) is 3.37. The Labute approximate surface area is 150 Å². The summed E-state index contributed by atoms with van der Waals surface area (Å²) in [6.45, 7) is 0.412. The number of anilines is 1. The van der Waals surface area contributed by atoms with Gasteiger partial charge in [0.1, 0.15) is 5.82 Å². The Hall–Kier alpha value is -1.34. The second-order valence-corrected chi connectivity index (χ2v) is 7.84. The maximum Gasteiger partial charge on any atom is 0.232 e. The van der Waals surface area contributed by atoms with Crippen molar-refractivity contribution in [3.63, 3.8) is 0 Å². The van der Waals surface area contributed by atoms with Crippen LogP contribution in [-0.4, -0.2) is 34.9 Å². The quantitative estimate of drug-likeness (QED) is 0.740. The first-order chi connectivity index (χ1) is 11.2. The molecule has 0 atom stereocenters. The van der Waals surface area contributed by atoms with Crippen molar-refractivity contribution in [2.24, 2.45) is 0 Å². The van der Waals surface area contributed by atoms with Crippen molar-refractivity contribution >= 4 is 38.9 Å². The molecule has 0 saturated heterocycles. The fourth-order valence-electron chi connectivity index (χ4n) is 2.22. The maximum absolute atomic E-state index is 13.6. The first-order valence-electron chi connectivity index (χ1n) is 6.95. The zero-order chi connectivity index (χ0) is 17.9. The molecule has 0 aliphatic carbocycles. The van der Waals surface area contributed by atoms with Gasteiger partial charge < -0.3 is 4.74 Å². The van der Waals surface area contributed by atoms with Crippen LogP contribution in [0.2, 0.25) is 10.0 Å². The second-order valence-electron chi connectivity index (χ2n) is 5.12. The van der Waals surface area contributed by atoms with Gasteiger partial charge in [-0.1, -0.05) is 35.3 Å². The summed E-state index contributed by atoms with van der Waals surface area (Å²) in [5.41, 5.74) is 1.55. The topological polar surface area (TPSA) is 46.6 Å². The van der Waals surface area contributed by atoms with Crippen LogP contribution in [0.4, 0.5) is 10.1 Å². The van der Waals surface area contributed by atoms with Gasteiger partial charge in [0.15, 0.2) is 0 Å². The molecular weight excluding hydrogens is 376 g/mol. The lowest BCUT2D eigenvalue weighted by molar-refractivity contribution is 0.208. The van der Waals surface area contributed by atoms with Crippen LogP contribution in [0.15, 0.2) is 36.4 Å². The van der Waals surface area contributed by atoms with E-state index in [0.717, 1.165) is 6.26 Å². The van der Waals surface area contributed by atoms with Gasteiger partial charge in [0, 0.05) is 12.7 Å². The summed E-state index contributed by atoms with van der Waals surface area (Å²) >= 11 is 12.0. The second kappa shape index (κ2) is 7.70. The van der Waals surface area contributed by atoms with Crippen molar-refractivity contribution in [1.82, 2.24) is 0 Å². The molecular formula is C16H16Cl2FNO3S. The Morgan fingerprint density at radius 1 is 1.12 bits per heavy atom. The zero-order valence-electron chi connectivity index (χ0n) is 13.1. The predicted octanol–water partition coefficient (Wildman–Crippen LogP) is 4.21. The third kappa shape index (κ3) is 4.39. The van der Waals surface area contributed by atoms with E-state index in [2.05, 4.69) is 0 Å². The van der Waals surface area contributed by atoms with Crippen LogP contribution in [-0.2, 0) is 14.8 Å². The molecule has 0 aromatic heterocycles. The molecule has 130 valence electrons. The number of rotatable bonds is 6. The van der Waals surface area contributed by atoms with Crippen molar-refractivity contribution in [1.29, 1.82) is 0 Å². The van der Waals surface area contributed by atoms with E-state index < -0.39 is 15.8 Å². The highest BCUT2D eigenvalue weighted by Gasteiger charge is 2.18. The highest BCUT2D eigenvalue weighted by molar-refractivity contribution is 7.92. The van der Waals surface area contributed by atoms with Crippen LogP contribution in [0.3, 0.4) is 0 Å². The Morgan fingerprint density at radius 3 is 2.38 bits per heavy atom. The van der Waals surface area contributed by atoms with Crippen LogP contribution in [0.25, 0.3) is 11.1 Å². The maximum atomic E-state index is 13.6. The number of benzene rings is 2. The van der Waals surface area contributed by atoms with Gasteiger partial charge >= 0.3 is 0 Å². The molecule has 8 heteroatoms. The summed E-state index contributed by atoms with van der Waals surface area (Å²) in [7, 11) is -1.99. The van der Waals surface area contributed by atoms with Gasteiger partial charge in [-0.15, -0.1) is 0 Å². The average Bonchev–Trinajstić information content (AvgIpc) is 2.49. The Balaban J connectivity index is 2.42. The Kier molecular flexibility index (Phi) is 6.09. The van der Waals surface area contributed by atoms with Gasteiger partial charge in [-0.2, -0.15) is 0 Å². The number of methoxy groups -OCH3 is 1. The molecule has 4 nitrogen and oxygen atoms in total. The molecule has 0 bridgehead atoms. The smallest absolute Gasteiger partial charge is 0.232 e. The largest absolute Gasteiger partial charge is 0.383 e. The van der Waals surface area contributed by atoms with Crippen LogP contribution < -0.4 is 4.31 Å². The molecule has 0 unspecified atom stereocenters. The molecule has 0 aliphatic heterocycles. The van der Waals surface area contributed by atoms with Gasteiger partial charge in [-0.25, -0.2) is 12.8 Å². The predicted molar refractivity (Wildman–Crippen MR) is 95.9 cm³/mol. The van der Waals surface area contributed by atoms with Crippen molar-refractivity contribution < 1.29 is 17.5 Å². The minimum atomic E-state index is -3.48. The first-order valence-corrected chi connectivity index (χ1v) is 9.56. The molecule has 0 radical (unpaired) electrons. The molecule has 0 saturated carbocycles. The van der Waals surface area contributed by atoms with Crippen LogP contribution in [0.1, 0.15) is 0 Å².